The summed E-state index contributed by atoms with van der Waals surface area (Å²) in [6.45, 7) is 7.89. The Labute approximate surface area is 172 Å². The number of piperazine rings is 1. The molecule has 2 aromatic heterocycles. The van der Waals surface area contributed by atoms with Crippen molar-refractivity contribution in [1.29, 1.82) is 0 Å². The van der Waals surface area contributed by atoms with Gasteiger partial charge in [0.2, 0.25) is 5.91 Å². The lowest BCUT2D eigenvalue weighted by atomic mass is 9.93. The number of likely N-dealkylation sites (N-methyl/N-ethyl adjacent to an activating group) is 1. The van der Waals surface area contributed by atoms with E-state index in [-0.39, 0.29) is 11.6 Å². The van der Waals surface area contributed by atoms with E-state index in [0.717, 1.165) is 50.1 Å². The third kappa shape index (κ3) is 4.35. The van der Waals surface area contributed by atoms with Crippen LogP contribution in [0.3, 0.4) is 0 Å². The minimum Gasteiger partial charge on any atom is -0.355 e. The fourth-order valence-corrected chi connectivity index (χ4v) is 4.18. The van der Waals surface area contributed by atoms with Crippen LogP contribution in [0, 0.1) is 5.92 Å². The van der Waals surface area contributed by atoms with Crippen molar-refractivity contribution in [2.75, 3.05) is 50.7 Å². The van der Waals surface area contributed by atoms with Crippen molar-refractivity contribution >= 4 is 17.4 Å². The quantitative estimate of drug-likeness (QED) is 0.746. The second-order valence-corrected chi connectivity index (χ2v) is 7.93. The summed E-state index contributed by atoms with van der Waals surface area (Å²) < 4.78 is 40.0. The first-order valence-electron chi connectivity index (χ1n) is 10.4. The van der Waals surface area contributed by atoms with Gasteiger partial charge < -0.3 is 14.7 Å². The SMILES string of the molecule is CCN1CCN(C(=O)CC2CCN(c3ccc4nnc(C(F)(F)F)n4n3)CC2)CC1. The topological polar surface area (TPSA) is 69.9 Å². The predicted octanol–water partition coefficient (Wildman–Crippen LogP) is 1.91. The van der Waals surface area contributed by atoms with Crippen LogP contribution in [0.15, 0.2) is 12.1 Å². The van der Waals surface area contributed by atoms with Crippen LogP contribution in [0.4, 0.5) is 19.0 Å². The third-order valence-electron chi connectivity index (χ3n) is 6.08. The summed E-state index contributed by atoms with van der Waals surface area (Å²) in [5.41, 5.74) is 0.0646. The number of amides is 1. The molecule has 0 spiro atoms. The average Bonchev–Trinajstić information content (AvgIpc) is 3.18. The number of rotatable bonds is 4. The molecule has 0 bridgehead atoms. The summed E-state index contributed by atoms with van der Waals surface area (Å²) in [6, 6.07) is 3.17. The number of hydrogen-bond donors (Lipinski definition) is 0. The maximum atomic E-state index is 13.1. The average molecular weight is 425 g/mol. The third-order valence-corrected chi connectivity index (χ3v) is 6.08. The smallest absolute Gasteiger partial charge is 0.355 e. The van der Waals surface area contributed by atoms with Crippen LogP contribution in [-0.4, -0.2) is 81.3 Å². The Balaban J connectivity index is 1.34. The molecular weight excluding hydrogens is 399 g/mol. The Morgan fingerprint density at radius 1 is 1.07 bits per heavy atom. The number of fused-ring (bicyclic) bond motifs is 1. The lowest BCUT2D eigenvalue weighted by molar-refractivity contribution is -0.146. The van der Waals surface area contributed by atoms with Gasteiger partial charge >= 0.3 is 6.18 Å². The molecule has 30 heavy (non-hydrogen) atoms. The zero-order chi connectivity index (χ0) is 21.3. The van der Waals surface area contributed by atoms with Crippen molar-refractivity contribution in [3.05, 3.63) is 18.0 Å². The molecule has 0 N–H and O–H groups in total. The highest BCUT2D eigenvalue weighted by atomic mass is 19.4. The number of carbonyl (C=O) groups is 1. The van der Waals surface area contributed by atoms with Crippen molar-refractivity contribution in [3.8, 4) is 0 Å². The number of nitrogens with zero attached hydrogens (tertiary/aromatic N) is 7. The minimum absolute atomic E-state index is 0.0646. The van der Waals surface area contributed by atoms with Crippen LogP contribution in [-0.2, 0) is 11.0 Å². The standard InChI is InChI=1S/C19H26F3N7O/c1-2-26-9-11-28(12-10-26)17(30)13-14-5-7-27(8-6-14)16-4-3-15-23-24-18(19(20,21)22)29(15)25-16/h3-4,14H,2,5-13H2,1H3. The van der Waals surface area contributed by atoms with Gasteiger partial charge in [-0.05, 0) is 37.4 Å². The van der Waals surface area contributed by atoms with Crippen LogP contribution in [0.5, 0.6) is 0 Å². The summed E-state index contributed by atoms with van der Waals surface area (Å²) in [6.07, 6.45) is -2.44. The van der Waals surface area contributed by atoms with E-state index in [2.05, 4.69) is 27.1 Å². The fourth-order valence-electron chi connectivity index (χ4n) is 4.18. The van der Waals surface area contributed by atoms with Crippen LogP contribution in [0.1, 0.15) is 32.0 Å². The molecule has 11 heteroatoms. The second-order valence-electron chi connectivity index (χ2n) is 7.93. The largest absolute Gasteiger partial charge is 0.453 e. The Kier molecular flexibility index (Phi) is 5.81. The van der Waals surface area contributed by atoms with Gasteiger partial charge in [-0.3, -0.25) is 4.79 Å². The van der Waals surface area contributed by atoms with Gasteiger partial charge in [-0.25, -0.2) is 0 Å². The van der Waals surface area contributed by atoms with Crippen LogP contribution in [0.2, 0.25) is 0 Å². The monoisotopic (exact) mass is 425 g/mol. The number of anilines is 1. The Bertz CT molecular complexity index is 884. The van der Waals surface area contributed by atoms with E-state index in [4.69, 9.17) is 0 Å². The fraction of sp³-hybridized carbons (Fsp3) is 0.684. The first kappa shape index (κ1) is 20.8. The zero-order valence-corrected chi connectivity index (χ0v) is 17.0. The predicted molar refractivity (Wildman–Crippen MR) is 104 cm³/mol. The van der Waals surface area contributed by atoms with E-state index < -0.39 is 12.0 Å². The number of hydrogen-bond acceptors (Lipinski definition) is 6. The van der Waals surface area contributed by atoms with Crippen LogP contribution >= 0.6 is 0 Å². The molecule has 4 heterocycles. The van der Waals surface area contributed by atoms with E-state index >= 15 is 0 Å². The van der Waals surface area contributed by atoms with Crippen LogP contribution in [0.25, 0.3) is 5.65 Å². The van der Waals surface area contributed by atoms with Gasteiger partial charge in [0.1, 0.15) is 5.82 Å². The lowest BCUT2D eigenvalue weighted by Gasteiger charge is -2.36. The second kappa shape index (κ2) is 8.37. The normalized spacial score (nSPS) is 19.6. The molecule has 2 aliphatic heterocycles. The number of halogens is 3. The lowest BCUT2D eigenvalue weighted by Crippen LogP contribution is -2.49. The number of aromatic nitrogens is 4. The molecule has 0 saturated carbocycles. The van der Waals surface area contributed by atoms with E-state index in [1.807, 2.05) is 9.80 Å². The molecule has 0 unspecified atom stereocenters. The molecular formula is C19H26F3N7O. The number of carbonyl (C=O) groups excluding carboxylic acids is 1. The van der Waals surface area contributed by atoms with E-state index in [1.54, 1.807) is 6.07 Å². The van der Waals surface area contributed by atoms with E-state index in [9.17, 15) is 18.0 Å². The van der Waals surface area contributed by atoms with Gasteiger partial charge in [-0.2, -0.15) is 17.7 Å². The van der Waals surface area contributed by atoms with E-state index in [0.29, 0.717) is 31.2 Å². The molecule has 2 aromatic rings. The summed E-state index contributed by atoms with van der Waals surface area (Å²) in [5.74, 6) is -0.151. The molecule has 0 aliphatic carbocycles. The Morgan fingerprint density at radius 3 is 2.40 bits per heavy atom. The zero-order valence-electron chi connectivity index (χ0n) is 17.0. The first-order valence-corrected chi connectivity index (χ1v) is 10.4. The highest BCUT2D eigenvalue weighted by Gasteiger charge is 2.38. The summed E-state index contributed by atoms with van der Waals surface area (Å²) in [4.78, 5) is 18.9. The molecule has 0 atom stereocenters. The molecule has 2 fully saturated rings. The molecule has 2 saturated heterocycles. The van der Waals surface area contributed by atoms with Gasteiger partial charge in [-0.1, -0.05) is 6.92 Å². The molecule has 4 rings (SSSR count). The van der Waals surface area contributed by atoms with Crippen molar-refractivity contribution in [1.82, 2.24) is 29.6 Å². The molecule has 8 nitrogen and oxygen atoms in total. The molecule has 1 amide bonds. The van der Waals surface area contributed by atoms with Crippen LogP contribution < -0.4 is 4.90 Å². The highest BCUT2D eigenvalue weighted by molar-refractivity contribution is 5.76. The van der Waals surface area contributed by atoms with Crippen molar-refractivity contribution in [2.24, 2.45) is 5.92 Å². The van der Waals surface area contributed by atoms with Gasteiger partial charge in [0.25, 0.3) is 5.82 Å². The minimum atomic E-state index is -4.61. The van der Waals surface area contributed by atoms with Gasteiger partial charge in [0.15, 0.2) is 5.65 Å². The van der Waals surface area contributed by atoms with E-state index in [1.165, 1.54) is 6.07 Å². The molecule has 2 aliphatic rings. The first-order chi connectivity index (χ1) is 14.3. The highest BCUT2D eigenvalue weighted by Crippen LogP contribution is 2.29. The molecule has 164 valence electrons. The number of alkyl halides is 3. The Morgan fingerprint density at radius 2 is 1.77 bits per heavy atom. The summed E-state index contributed by atoms with van der Waals surface area (Å²) >= 11 is 0. The molecule has 0 aromatic carbocycles. The van der Waals surface area contributed by atoms with Gasteiger partial charge in [0.05, 0.1) is 0 Å². The maximum absolute atomic E-state index is 13.1. The van der Waals surface area contributed by atoms with Crippen molar-refractivity contribution < 1.29 is 18.0 Å². The number of piperidine rings is 1. The van der Waals surface area contributed by atoms with Gasteiger partial charge in [-0.15, -0.1) is 15.3 Å². The van der Waals surface area contributed by atoms with Gasteiger partial charge in [0, 0.05) is 45.7 Å². The molecule has 0 radical (unpaired) electrons. The van der Waals surface area contributed by atoms with Crippen molar-refractivity contribution in [2.45, 2.75) is 32.4 Å². The summed E-state index contributed by atoms with van der Waals surface area (Å²) in [7, 11) is 0. The van der Waals surface area contributed by atoms with Crippen molar-refractivity contribution in [3.63, 3.8) is 0 Å². The Hall–Kier alpha value is -2.43. The maximum Gasteiger partial charge on any atom is 0.453 e. The summed E-state index contributed by atoms with van der Waals surface area (Å²) in [5, 5.41) is 10.9.